The highest BCUT2D eigenvalue weighted by Gasteiger charge is 2.12. The lowest BCUT2D eigenvalue weighted by atomic mass is 10.2. The maximum absolute atomic E-state index is 12.3. The number of nitrogens with zero attached hydrogens (tertiary/aromatic N) is 3. The number of aromatic nitrogens is 2. The summed E-state index contributed by atoms with van der Waals surface area (Å²) < 4.78 is 0. The van der Waals surface area contributed by atoms with Crippen LogP contribution in [0.3, 0.4) is 0 Å². The fourth-order valence-electron chi connectivity index (χ4n) is 2.07. The Balaban J connectivity index is 1.76. The molecule has 2 aromatic carbocycles. The van der Waals surface area contributed by atoms with E-state index in [2.05, 4.69) is 15.5 Å². The molecule has 1 amide bonds. The van der Waals surface area contributed by atoms with Gasteiger partial charge >= 0.3 is 0 Å². The Hall–Kier alpha value is -2.73. The quantitative estimate of drug-likeness (QED) is 0.798. The van der Waals surface area contributed by atoms with Crippen molar-refractivity contribution in [2.45, 2.75) is 0 Å². The second kappa shape index (κ2) is 6.58. The summed E-state index contributed by atoms with van der Waals surface area (Å²) in [5, 5.41) is 12.2. The number of benzene rings is 2. The molecule has 5 nitrogen and oxygen atoms in total. The number of rotatable bonds is 4. The minimum Gasteiger partial charge on any atom is -0.378 e. The fraction of sp³-hybridized carbons (Fsp3) is 0.118. The van der Waals surface area contributed by atoms with Crippen LogP contribution in [0, 0.1) is 0 Å². The van der Waals surface area contributed by atoms with Gasteiger partial charge < -0.3 is 4.90 Å². The van der Waals surface area contributed by atoms with Crippen molar-refractivity contribution in [3.8, 4) is 10.6 Å². The molecular formula is C17H16N4OS. The summed E-state index contributed by atoms with van der Waals surface area (Å²) in [5.74, 6) is -0.190. The van der Waals surface area contributed by atoms with Crippen molar-refractivity contribution in [3.05, 3.63) is 60.2 Å². The first-order valence-corrected chi connectivity index (χ1v) is 7.93. The van der Waals surface area contributed by atoms with Crippen LogP contribution in [-0.4, -0.2) is 30.2 Å². The average molecular weight is 324 g/mol. The molecule has 3 rings (SSSR count). The summed E-state index contributed by atoms with van der Waals surface area (Å²) in [5.41, 5.74) is 2.55. The Bertz CT molecular complexity index is 814. The van der Waals surface area contributed by atoms with Crippen LogP contribution in [0.15, 0.2) is 54.6 Å². The van der Waals surface area contributed by atoms with Crippen LogP contribution in [0.4, 0.5) is 10.8 Å². The smallest absolute Gasteiger partial charge is 0.257 e. The summed E-state index contributed by atoms with van der Waals surface area (Å²) in [7, 11) is 3.88. The van der Waals surface area contributed by atoms with Crippen molar-refractivity contribution >= 4 is 28.1 Å². The highest BCUT2D eigenvalue weighted by atomic mass is 32.1. The number of amides is 1. The fourth-order valence-corrected chi connectivity index (χ4v) is 2.81. The monoisotopic (exact) mass is 324 g/mol. The van der Waals surface area contributed by atoms with E-state index < -0.39 is 0 Å². The van der Waals surface area contributed by atoms with Gasteiger partial charge in [-0.05, 0) is 18.2 Å². The van der Waals surface area contributed by atoms with E-state index in [-0.39, 0.29) is 5.91 Å². The SMILES string of the molecule is CN(C)c1cccc(C(=O)Nc2nnc(-c3ccccc3)s2)c1. The molecule has 0 bridgehead atoms. The minimum atomic E-state index is -0.190. The Morgan fingerprint density at radius 1 is 1.04 bits per heavy atom. The predicted molar refractivity (Wildman–Crippen MR) is 94.1 cm³/mol. The standard InChI is InChI=1S/C17H16N4OS/c1-21(2)14-10-6-9-13(11-14)15(22)18-17-20-19-16(23-17)12-7-4-3-5-8-12/h3-11H,1-2H3,(H,18,20,22). The molecule has 0 aliphatic rings. The maximum atomic E-state index is 12.3. The van der Waals surface area contributed by atoms with Crippen LogP contribution in [0.1, 0.15) is 10.4 Å². The van der Waals surface area contributed by atoms with E-state index in [1.54, 1.807) is 6.07 Å². The van der Waals surface area contributed by atoms with Crippen molar-refractivity contribution in [3.63, 3.8) is 0 Å². The van der Waals surface area contributed by atoms with Gasteiger partial charge in [-0.1, -0.05) is 47.7 Å². The van der Waals surface area contributed by atoms with Gasteiger partial charge in [0.2, 0.25) is 5.13 Å². The molecule has 23 heavy (non-hydrogen) atoms. The number of anilines is 2. The van der Waals surface area contributed by atoms with E-state index in [9.17, 15) is 4.79 Å². The second-order valence-corrected chi connectivity index (χ2v) is 6.15. The number of hydrogen-bond donors (Lipinski definition) is 1. The molecule has 0 aliphatic heterocycles. The van der Waals surface area contributed by atoms with E-state index >= 15 is 0 Å². The van der Waals surface area contributed by atoms with Gasteiger partial charge in [0.25, 0.3) is 5.91 Å². The number of carbonyl (C=O) groups excluding carboxylic acids is 1. The van der Waals surface area contributed by atoms with Crippen LogP contribution >= 0.6 is 11.3 Å². The summed E-state index contributed by atoms with van der Waals surface area (Å²) in [6.07, 6.45) is 0. The van der Waals surface area contributed by atoms with Gasteiger partial charge in [0.1, 0.15) is 5.01 Å². The lowest BCUT2D eigenvalue weighted by Gasteiger charge is -2.13. The number of hydrogen-bond acceptors (Lipinski definition) is 5. The predicted octanol–water partition coefficient (Wildman–Crippen LogP) is 3.52. The molecule has 6 heteroatoms. The summed E-state index contributed by atoms with van der Waals surface area (Å²) in [4.78, 5) is 14.3. The van der Waals surface area contributed by atoms with E-state index in [1.165, 1.54) is 11.3 Å². The maximum Gasteiger partial charge on any atom is 0.257 e. The van der Waals surface area contributed by atoms with Crippen molar-refractivity contribution in [1.82, 2.24) is 10.2 Å². The molecule has 1 N–H and O–H groups in total. The Labute approximate surface area is 138 Å². The lowest BCUT2D eigenvalue weighted by molar-refractivity contribution is 0.102. The first-order valence-electron chi connectivity index (χ1n) is 7.11. The van der Waals surface area contributed by atoms with Crippen LogP contribution in [0.5, 0.6) is 0 Å². The van der Waals surface area contributed by atoms with Gasteiger partial charge in [0, 0.05) is 30.9 Å². The summed E-state index contributed by atoms with van der Waals surface area (Å²) >= 11 is 1.35. The van der Waals surface area contributed by atoms with Gasteiger partial charge in [-0.3, -0.25) is 10.1 Å². The molecule has 0 aliphatic carbocycles. The summed E-state index contributed by atoms with van der Waals surface area (Å²) in [6, 6.07) is 17.2. The van der Waals surface area contributed by atoms with Gasteiger partial charge in [-0.25, -0.2) is 0 Å². The van der Waals surface area contributed by atoms with Crippen LogP contribution in [0.25, 0.3) is 10.6 Å². The van der Waals surface area contributed by atoms with Gasteiger partial charge in [-0.2, -0.15) is 0 Å². The molecule has 1 aromatic heterocycles. The van der Waals surface area contributed by atoms with Crippen LogP contribution in [-0.2, 0) is 0 Å². The molecular weight excluding hydrogens is 308 g/mol. The van der Waals surface area contributed by atoms with Crippen molar-refractivity contribution in [1.29, 1.82) is 0 Å². The van der Waals surface area contributed by atoms with Crippen LogP contribution < -0.4 is 10.2 Å². The van der Waals surface area contributed by atoms with E-state index in [1.807, 2.05) is 67.5 Å². The molecule has 0 atom stereocenters. The van der Waals surface area contributed by atoms with E-state index in [4.69, 9.17) is 0 Å². The molecule has 3 aromatic rings. The molecule has 0 fully saturated rings. The van der Waals surface area contributed by atoms with Crippen molar-refractivity contribution in [2.75, 3.05) is 24.3 Å². The third-order valence-corrected chi connectivity index (χ3v) is 4.18. The largest absolute Gasteiger partial charge is 0.378 e. The molecule has 1 heterocycles. The van der Waals surface area contributed by atoms with Crippen LogP contribution in [0.2, 0.25) is 0 Å². The number of nitrogens with one attached hydrogen (secondary N) is 1. The van der Waals surface area contributed by atoms with Crippen molar-refractivity contribution < 1.29 is 4.79 Å². The second-order valence-electron chi connectivity index (χ2n) is 5.18. The molecule has 0 saturated carbocycles. The third kappa shape index (κ3) is 3.54. The normalized spacial score (nSPS) is 10.3. The molecule has 0 spiro atoms. The third-order valence-electron chi connectivity index (χ3n) is 3.29. The average Bonchev–Trinajstić information content (AvgIpc) is 3.04. The Morgan fingerprint density at radius 3 is 2.57 bits per heavy atom. The van der Waals surface area contributed by atoms with Gasteiger partial charge in [-0.15, -0.1) is 10.2 Å². The molecule has 0 saturated heterocycles. The van der Waals surface area contributed by atoms with E-state index in [0.29, 0.717) is 10.7 Å². The summed E-state index contributed by atoms with van der Waals surface area (Å²) in [6.45, 7) is 0. The highest BCUT2D eigenvalue weighted by Crippen LogP contribution is 2.26. The molecule has 116 valence electrons. The topological polar surface area (TPSA) is 58.1 Å². The first-order chi connectivity index (χ1) is 11.1. The highest BCUT2D eigenvalue weighted by molar-refractivity contribution is 7.18. The zero-order chi connectivity index (χ0) is 16.2. The lowest BCUT2D eigenvalue weighted by Crippen LogP contribution is -2.14. The number of carbonyl (C=O) groups is 1. The zero-order valence-electron chi connectivity index (χ0n) is 12.9. The van der Waals surface area contributed by atoms with Gasteiger partial charge in [0.05, 0.1) is 0 Å². The minimum absolute atomic E-state index is 0.190. The Morgan fingerprint density at radius 2 is 1.83 bits per heavy atom. The van der Waals surface area contributed by atoms with E-state index in [0.717, 1.165) is 16.3 Å². The molecule has 0 unspecified atom stereocenters. The van der Waals surface area contributed by atoms with Gasteiger partial charge in [0.15, 0.2) is 0 Å². The first kappa shape index (κ1) is 15.2. The Kier molecular flexibility index (Phi) is 4.34. The molecule has 0 radical (unpaired) electrons. The van der Waals surface area contributed by atoms with Crippen molar-refractivity contribution in [2.24, 2.45) is 0 Å². The zero-order valence-corrected chi connectivity index (χ0v) is 13.7.